The molecule has 6 nitrogen and oxygen atoms in total. The highest BCUT2D eigenvalue weighted by Crippen LogP contribution is 2.30. The SMILES string of the molecule is Cc1c(S(=O)(=O)N(C)C(C)C(C)(C)C)c(N)nn1C. The second-order valence-corrected chi connectivity index (χ2v) is 7.92. The van der Waals surface area contributed by atoms with Crippen LogP contribution in [0.25, 0.3) is 0 Å². The minimum Gasteiger partial charge on any atom is -0.381 e. The molecular formula is C12H24N4O2S. The van der Waals surface area contributed by atoms with Gasteiger partial charge in [-0.3, -0.25) is 4.68 Å². The first-order valence-corrected chi connectivity index (χ1v) is 7.61. The van der Waals surface area contributed by atoms with Gasteiger partial charge in [-0.2, -0.15) is 9.40 Å². The summed E-state index contributed by atoms with van der Waals surface area (Å²) in [5, 5.41) is 3.97. The highest BCUT2D eigenvalue weighted by atomic mass is 32.2. The summed E-state index contributed by atoms with van der Waals surface area (Å²) in [5.74, 6) is 0.0490. The predicted molar refractivity (Wildman–Crippen MR) is 76.2 cm³/mol. The molecule has 0 aliphatic heterocycles. The van der Waals surface area contributed by atoms with E-state index >= 15 is 0 Å². The fourth-order valence-electron chi connectivity index (χ4n) is 1.83. The van der Waals surface area contributed by atoms with Crippen molar-refractivity contribution < 1.29 is 8.42 Å². The van der Waals surface area contributed by atoms with Gasteiger partial charge in [0.1, 0.15) is 4.90 Å². The molecule has 1 heterocycles. The van der Waals surface area contributed by atoms with Crippen LogP contribution in [0, 0.1) is 12.3 Å². The van der Waals surface area contributed by atoms with Crippen molar-refractivity contribution in [2.45, 2.75) is 45.6 Å². The van der Waals surface area contributed by atoms with E-state index in [2.05, 4.69) is 5.10 Å². The van der Waals surface area contributed by atoms with Crippen molar-refractivity contribution in [3.8, 4) is 0 Å². The third-order valence-electron chi connectivity index (χ3n) is 3.74. The summed E-state index contributed by atoms with van der Waals surface area (Å²) in [6, 6.07) is -0.156. The Kier molecular flexibility index (Phi) is 4.03. The summed E-state index contributed by atoms with van der Waals surface area (Å²) in [5.41, 5.74) is 6.12. The number of nitrogens with zero attached hydrogens (tertiary/aromatic N) is 3. The number of sulfonamides is 1. The lowest BCUT2D eigenvalue weighted by Gasteiger charge is -2.34. The van der Waals surface area contributed by atoms with E-state index in [4.69, 9.17) is 5.73 Å². The Morgan fingerprint density at radius 3 is 2.16 bits per heavy atom. The monoisotopic (exact) mass is 288 g/mol. The molecule has 0 aliphatic carbocycles. The summed E-state index contributed by atoms with van der Waals surface area (Å²) in [6.45, 7) is 9.60. The molecule has 1 unspecified atom stereocenters. The van der Waals surface area contributed by atoms with Crippen LogP contribution in [0.5, 0.6) is 0 Å². The number of aryl methyl sites for hydroxylation is 1. The van der Waals surface area contributed by atoms with Gasteiger partial charge in [0.25, 0.3) is 0 Å². The summed E-state index contributed by atoms with van der Waals surface area (Å²) in [4.78, 5) is 0.105. The molecule has 0 amide bonds. The van der Waals surface area contributed by atoms with Gasteiger partial charge in [-0.1, -0.05) is 20.8 Å². The van der Waals surface area contributed by atoms with Gasteiger partial charge in [-0.05, 0) is 19.3 Å². The van der Waals surface area contributed by atoms with E-state index in [-0.39, 0.29) is 22.2 Å². The topological polar surface area (TPSA) is 81.2 Å². The Bertz CT molecular complexity index is 569. The number of rotatable bonds is 3. The average Bonchev–Trinajstić information content (AvgIpc) is 2.49. The first kappa shape index (κ1) is 16.0. The number of anilines is 1. The summed E-state index contributed by atoms with van der Waals surface area (Å²) < 4.78 is 28.2. The fraction of sp³-hybridized carbons (Fsp3) is 0.750. The smallest absolute Gasteiger partial charge is 0.248 e. The normalized spacial score (nSPS) is 14.9. The summed E-state index contributed by atoms with van der Waals surface area (Å²) in [7, 11) is -0.378. The van der Waals surface area contributed by atoms with Gasteiger partial charge in [0.05, 0.1) is 5.69 Å². The largest absolute Gasteiger partial charge is 0.381 e. The van der Waals surface area contributed by atoms with Crippen molar-refractivity contribution in [1.29, 1.82) is 0 Å². The lowest BCUT2D eigenvalue weighted by molar-refractivity contribution is 0.216. The van der Waals surface area contributed by atoms with Crippen LogP contribution < -0.4 is 5.73 Å². The summed E-state index contributed by atoms with van der Waals surface area (Å²) >= 11 is 0. The molecule has 19 heavy (non-hydrogen) atoms. The third-order valence-corrected chi connectivity index (χ3v) is 5.84. The summed E-state index contributed by atoms with van der Waals surface area (Å²) in [6.07, 6.45) is 0. The fourth-order valence-corrected chi connectivity index (χ4v) is 3.66. The molecule has 0 aliphatic rings. The molecule has 0 radical (unpaired) electrons. The molecule has 7 heteroatoms. The van der Waals surface area contributed by atoms with E-state index in [0.29, 0.717) is 5.69 Å². The molecule has 0 saturated heterocycles. The van der Waals surface area contributed by atoms with Gasteiger partial charge in [0.2, 0.25) is 10.0 Å². The molecule has 1 aromatic heterocycles. The van der Waals surface area contributed by atoms with Crippen molar-refractivity contribution in [3.63, 3.8) is 0 Å². The third kappa shape index (κ3) is 2.76. The Labute approximate surface area is 115 Å². The first-order valence-electron chi connectivity index (χ1n) is 6.17. The van der Waals surface area contributed by atoms with Crippen molar-refractivity contribution in [2.75, 3.05) is 12.8 Å². The van der Waals surface area contributed by atoms with Crippen LogP contribution in [-0.2, 0) is 17.1 Å². The molecular weight excluding hydrogens is 264 g/mol. The Hall–Kier alpha value is -1.08. The number of hydrogen-bond acceptors (Lipinski definition) is 4. The quantitative estimate of drug-likeness (QED) is 0.910. The van der Waals surface area contributed by atoms with Crippen LogP contribution >= 0.6 is 0 Å². The lowest BCUT2D eigenvalue weighted by atomic mass is 9.88. The van der Waals surface area contributed by atoms with Crippen LogP contribution in [0.15, 0.2) is 4.90 Å². The van der Waals surface area contributed by atoms with Crippen molar-refractivity contribution in [3.05, 3.63) is 5.69 Å². The Morgan fingerprint density at radius 2 is 1.84 bits per heavy atom. The van der Waals surface area contributed by atoms with Crippen LogP contribution in [0.1, 0.15) is 33.4 Å². The van der Waals surface area contributed by atoms with Crippen LogP contribution in [0.3, 0.4) is 0 Å². The Balaban J connectivity index is 3.33. The van der Waals surface area contributed by atoms with E-state index in [1.54, 1.807) is 21.0 Å². The highest BCUT2D eigenvalue weighted by Gasteiger charge is 2.35. The van der Waals surface area contributed by atoms with Crippen LogP contribution in [0.2, 0.25) is 0 Å². The van der Waals surface area contributed by atoms with E-state index in [1.807, 2.05) is 27.7 Å². The maximum Gasteiger partial charge on any atom is 0.248 e. The van der Waals surface area contributed by atoms with Gasteiger partial charge >= 0.3 is 0 Å². The number of aromatic nitrogens is 2. The molecule has 110 valence electrons. The molecule has 1 aromatic rings. The molecule has 2 N–H and O–H groups in total. The zero-order valence-electron chi connectivity index (χ0n) is 12.7. The van der Waals surface area contributed by atoms with E-state index < -0.39 is 10.0 Å². The lowest BCUT2D eigenvalue weighted by Crippen LogP contribution is -2.43. The van der Waals surface area contributed by atoms with E-state index in [9.17, 15) is 8.42 Å². The minimum absolute atomic E-state index is 0.0490. The molecule has 0 fully saturated rings. The molecule has 0 bridgehead atoms. The number of hydrogen-bond donors (Lipinski definition) is 1. The average molecular weight is 288 g/mol. The molecule has 1 rings (SSSR count). The van der Waals surface area contributed by atoms with Gasteiger partial charge < -0.3 is 5.73 Å². The van der Waals surface area contributed by atoms with Crippen molar-refractivity contribution in [2.24, 2.45) is 12.5 Å². The van der Waals surface area contributed by atoms with E-state index in [1.165, 1.54) is 8.99 Å². The van der Waals surface area contributed by atoms with Gasteiger partial charge in [0.15, 0.2) is 5.82 Å². The minimum atomic E-state index is -3.64. The van der Waals surface area contributed by atoms with Gasteiger partial charge in [-0.15, -0.1) is 0 Å². The number of nitrogen functional groups attached to an aromatic ring is 1. The van der Waals surface area contributed by atoms with E-state index in [0.717, 1.165) is 0 Å². The highest BCUT2D eigenvalue weighted by molar-refractivity contribution is 7.89. The van der Waals surface area contributed by atoms with Crippen molar-refractivity contribution >= 4 is 15.8 Å². The Morgan fingerprint density at radius 1 is 1.37 bits per heavy atom. The van der Waals surface area contributed by atoms with Gasteiger partial charge in [0, 0.05) is 20.1 Å². The standard InChI is InChI=1S/C12H24N4O2S/c1-8-10(11(13)14-15(8)6)19(17,18)16(7)9(2)12(3,4)5/h9H,1-7H3,(H2,13,14). The van der Waals surface area contributed by atoms with Crippen LogP contribution in [-0.4, -0.2) is 35.6 Å². The molecule has 0 saturated carbocycles. The first-order chi connectivity index (χ1) is 8.40. The maximum absolute atomic E-state index is 12.7. The van der Waals surface area contributed by atoms with Crippen molar-refractivity contribution in [1.82, 2.24) is 14.1 Å². The van der Waals surface area contributed by atoms with Gasteiger partial charge in [-0.25, -0.2) is 8.42 Å². The second-order valence-electron chi connectivity index (χ2n) is 5.99. The molecule has 0 aromatic carbocycles. The zero-order valence-corrected chi connectivity index (χ0v) is 13.5. The maximum atomic E-state index is 12.7. The molecule has 0 spiro atoms. The molecule has 1 atom stereocenters. The second kappa shape index (κ2) is 4.79. The number of nitrogens with two attached hydrogens (primary N) is 1. The zero-order chi connectivity index (χ0) is 15.2. The van der Waals surface area contributed by atoms with Crippen LogP contribution in [0.4, 0.5) is 5.82 Å². The predicted octanol–water partition coefficient (Wildman–Crippen LogP) is 1.37.